The van der Waals surface area contributed by atoms with Crippen molar-refractivity contribution in [2.24, 2.45) is 0 Å². The largest absolute Gasteiger partial charge is 0.374 e. The lowest BCUT2D eigenvalue weighted by Gasteiger charge is -2.00. The number of anilines is 1. The maximum Gasteiger partial charge on any atom is 0.203 e. The molecular formula is C17H12ClN5S. The van der Waals surface area contributed by atoms with Gasteiger partial charge in [0, 0.05) is 16.8 Å². The molecule has 7 heteroatoms. The lowest BCUT2D eigenvalue weighted by Crippen LogP contribution is -1.93. The van der Waals surface area contributed by atoms with Crippen LogP contribution in [-0.2, 0) is 0 Å². The highest BCUT2D eigenvalue weighted by atomic mass is 35.5. The number of nitrogens with two attached hydrogens (primary N) is 1. The van der Waals surface area contributed by atoms with Crippen molar-refractivity contribution < 1.29 is 0 Å². The van der Waals surface area contributed by atoms with E-state index in [-0.39, 0.29) is 0 Å². The maximum absolute atomic E-state index is 6.00. The van der Waals surface area contributed by atoms with Crippen LogP contribution in [0.2, 0.25) is 5.02 Å². The van der Waals surface area contributed by atoms with Gasteiger partial charge in [-0.15, -0.1) is 10.2 Å². The lowest BCUT2D eigenvalue weighted by molar-refractivity contribution is 0.884. The molecule has 0 bridgehead atoms. The average Bonchev–Trinajstić information content (AvgIpc) is 3.23. The van der Waals surface area contributed by atoms with Crippen molar-refractivity contribution >= 4 is 28.1 Å². The topological polar surface area (TPSA) is 69.6 Å². The molecule has 0 atom stereocenters. The molecule has 4 aromatic rings. The molecule has 0 fully saturated rings. The molecule has 4 rings (SSSR count). The van der Waals surface area contributed by atoms with Gasteiger partial charge in [-0.2, -0.15) is 5.10 Å². The van der Waals surface area contributed by atoms with E-state index in [2.05, 4.69) is 10.2 Å². The van der Waals surface area contributed by atoms with Crippen molar-refractivity contribution in [3.8, 4) is 27.5 Å². The Morgan fingerprint density at radius 2 is 1.71 bits per heavy atom. The predicted octanol–water partition coefficient (Wildman–Crippen LogP) is 4.29. The highest BCUT2D eigenvalue weighted by Gasteiger charge is 2.17. The molecule has 0 unspecified atom stereocenters. The standard InChI is InChI=1S/C17H12ClN5S/c18-12-8-6-11(7-9-12)15-14(16-20-21-17(19)24-16)10-23(22-15)13-4-2-1-3-5-13/h1-10H,(H2,19,21). The second kappa shape index (κ2) is 6.07. The van der Waals surface area contributed by atoms with Crippen molar-refractivity contribution in [2.75, 3.05) is 5.73 Å². The molecule has 0 radical (unpaired) electrons. The van der Waals surface area contributed by atoms with Gasteiger partial charge in [0.05, 0.1) is 11.3 Å². The molecule has 0 saturated heterocycles. The van der Waals surface area contributed by atoms with Crippen LogP contribution in [0.15, 0.2) is 60.8 Å². The summed E-state index contributed by atoms with van der Waals surface area (Å²) >= 11 is 7.34. The minimum Gasteiger partial charge on any atom is -0.374 e. The number of benzene rings is 2. The zero-order chi connectivity index (χ0) is 16.5. The van der Waals surface area contributed by atoms with E-state index >= 15 is 0 Å². The monoisotopic (exact) mass is 353 g/mol. The van der Waals surface area contributed by atoms with Crippen LogP contribution in [0.3, 0.4) is 0 Å². The first-order chi connectivity index (χ1) is 11.7. The van der Waals surface area contributed by atoms with Gasteiger partial charge in [-0.05, 0) is 24.3 Å². The van der Waals surface area contributed by atoms with E-state index in [0.29, 0.717) is 10.2 Å². The number of aromatic nitrogens is 4. The van der Waals surface area contributed by atoms with Gasteiger partial charge in [0.1, 0.15) is 5.69 Å². The fourth-order valence-electron chi connectivity index (χ4n) is 2.41. The summed E-state index contributed by atoms with van der Waals surface area (Å²) in [6.45, 7) is 0. The van der Waals surface area contributed by atoms with Crippen LogP contribution >= 0.6 is 22.9 Å². The van der Waals surface area contributed by atoms with Crippen molar-refractivity contribution in [1.29, 1.82) is 0 Å². The minimum atomic E-state index is 0.430. The van der Waals surface area contributed by atoms with Crippen LogP contribution in [0.4, 0.5) is 5.13 Å². The first-order valence-electron chi connectivity index (χ1n) is 7.21. The number of nitrogens with zero attached hydrogens (tertiary/aromatic N) is 4. The number of hydrogen-bond donors (Lipinski definition) is 1. The van der Waals surface area contributed by atoms with Crippen LogP contribution < -0.4 is 5.73 Å². The van der Waals surface area contributed by atoms with Crippen LogP contribution in [0.1, 0.15) is 0 Å². The Morgan fingerprint density at radius 3 is 2.38 bits per heavy atom. The maximum atomic E-state index is 6.00. The summed E-state index contributed by atoms with van der Waals surface area (Å²) in [5, 5.41) is 14.7. The Morgan fingerprint density at radius 1 is 0.958 bits per heavy atom. The second-order valence-electron chi connectivity index (χ2n) is 5.12. The molecule has 118 valence electrons. The molecule has 0 spiro atoms. The summed E-state index contributed by atoms with van der Waals surface area (Å²) in [4.78, 5) is 0. The highest BCUT2D eigenvalue weighted by molar-refractivity contribution is 7.18. The molecule has 24 heavy (non-hydrogen) atoms. The molecule has 0 aliphatic heterocycles. The summed E-state index contributed by atoms with van der Waals surface area (Å²) in [6, 6.07) is 17.5. The Hall–Kier alpha value is -2.70. The second-order valence-corrected chi connectivity index (χ2v) is 6.57. The van der Waals surface area contributed by atoms with Crippen LogP contribution in [0.5, 0.6) is 0 Å². The molecule has 2 N–H and O–H groups in total. The van der Waals surface area contributed by atoms with Crippen molar-refractivity contribution in [1.82, 2.24) is 20.0 Å². The summed E-state index contributed by atoms with van der Waals surface area (Å²) in [7, 11) is 0. The third kappa shape index (κ3) is 2.77. The summed E-state index contributed by atoms with van der Waals surface area (Å²) in [6.07, 6.45) is 1.94. The van der Waals surface area contributed by atoms with Gasteiger partial charge in [0.15, 0.2) is 5.01 Å². The fraction of sp³-hybridized carbons (Fsp3) is 0. The van der Waals surface area contributed by atoms with E-state index < -0.39 is 0 Å². The van der Waals surface area contributed by atoms with E-state index in [9.17, 15) is 0 Å². The van der Waals surface area contributed by atoms with Crippen molar-refractivity contribution in [3.63, 3.8) is 0 Å². The molecular weight excluding hydrogens is 342 g/mol. The Bertz CT molecular complexity index is 976. The molecule has 0 amide bonds. The first kappa shape index (κ1) is 14.9. The smallest absolute Gasteiger partial charge is 0.203 e. The van der Waals surface area contributed by atoms with Gasteiger partial charge in [-0.25, -0.2) is 4.68 Å². The molecule has 0 aliphatic rings. The summed E-state index contributed by atoms with van der Waals surface area (Å²) in [5.74, 6) is 0. The Kier molecular flexibility index (Phi) is 3.76. The van der Waals surface area contributed by atoms with Gasteiger partial charge < -0.3 is 5.73 Å². The molecule has 2 aromatic heterocycles. The van der Waals surface area contributed by atoms with Crippen molar-refractivity contribution in [2.45, 2.75) is 0 Å². The average molecular weight is 354 g/mol. The Balaban J connectivity index is 1.90. The quantitative estimate of drug-likeness (QED) is 0.596. The van der Waals surface area contributed by atoms with E-state index in [1.165, 1.54) is 11.3 Å². The number of para-hydroxylation sites is 1. The molecule has 0 saturated carbocycles. The molecule has 2 aromatic carbocycles. The predicted molar refractivity (Wildman–Crippen MR) is 97.3 cm³/mol. The summed E-state index contributed by atoms with van der Waals surface area (Å²) < 4.78 is 1.83. The van der Waals surface area contributed by atoms with Gasteiger partial charge in [-0.3, -0.25) is 0 Å². The van der Waals surface area contributed by atoms with E-state index in [4.69, 9.17) is 22.4 Å². The number of hydrogen-bond acceptors (Lipinski definition) is 5. The van der Waals surface area contributed by atoms with Gasteiger partial charge >= 0.3 is 0 Å². The molecule has 2 heterocycles. The zero-order valence-electron chi connectivity index (χ0n) is 12.4. The number of rotatable bonds is 3. The van der Waals surface area contributed by atoms with Gasteiger partial charge in [0.2, 0.25) is 5.13 Å². The molecule has 0 aliphatic carbocycles. The van der Waals surface area contributed by atoms with E-state index in [1.54, 1.807) is 0 Å². The van der Waals surface area contributed by atoms with Crippen LogP contribution in [-0.4, -0.2) is 20.0 Å². The number of halogens is 1. The van der Waals surface area contributed by atoms with Crippen LogP contribution in [0.25, 0.3) is 27.5 Å². The Labute approximate surface area is 147 Å². The molecule has 5 nitrogen and oxygen atoms in total. The lowest BCUT2D eigenvalue weighted by atomic mass is 10.1. The summed E-state index contributed by atoms with van der Waals surface area (Å²) in [5.41, 5.74) is 9.36. The first-order valence-corrected chi connectivity index (χ1v) is 8.40. The minimum absolute atomic E-state index is 0.430. The third-order valence-electron chi connectivity index (χ3n) is 3.52. The third-order valence-corrected chi connectivity index (χ3v) is 4.56. The van der Waals surface area contributed by atoms with E-state index in [0.717, 1.165) is 27.5 Å². The van der Waals surface area contributed by atoms with Gasteiger partial charge in [-0.1, -0.05) is 53.3 Å². The van der Waals surface area contributed by atoms with Crippen molar-refractivity contribution in [3.05, 3.63) is 65.8 Å². The zero-order valence-corrected chi connectivity index (χ0v) is 14.0. The highest BCUT2D eigenvalue weighted by Crippen LogP contribution is 2.34. The number of nitrogen functional groups attached to an aromatic ring is 1. The SMILES string of the molecule is Nc1nnc(-c2cn(-c3ccccc3)nc2-c2ccc(Cl)cc2)s1. The fourth-order valence-corrected chi connectivity index (χ4v) is 3.15. The van der Waals surface area contributed by atoms with Crippen LogP contribution in [0, 0.1) is 0 Å². The normalized spacial score (nSPS) is 10.9. The van der Waals surface area contributed by atoms with E-state index in [1.807, 2.05) is 65.5 Å². The van der Waals surface area contributed by atoms with Gasteiger partial charge in [0.25, 0.3) is 0 Å².